The van der Waals surface area contributed by atoms with E-state index in [-0.39, 0.29) is 11.4 Å². The van der Waals surface area contributed by atoms with Crippen LogP contribution in [0.15, 0.2) is 23.1 Å². The van der Waals surface area contributed by atoms with Crippen molar-refractivity contribution in [3.63, 3.8) is 0 Å². The second kappa shape index (κ2) is 5.13. The summed E-state index contributed by atoms with van der Waals surface area (Å²) in [6, 6.07) is 2.39. The maximum Gasteiger partial charge on any atom is 0.357 e. The van der Waals surface area contributed by atoms with Gasteiger partial charge in [0.25, 0.3) is 10.0 Å². The summed E-state index contributed by atoms with van der Waals surface area (Å²) in [5, 5.41) is 14.5. The van der Waals surface area contributed by atoms with Crippen LogP contribution in [0.3, 0.4) is 0 Å². The third kappa shape index (κ3) is 2.84. The molecular formula is C11H9F2N3O4S. The number of nitrogens with zero attached hydrogens (tertiary/aromatic N) is 1. The van der Waals surface area contributed by atoms with E-state index in [1.807, 2.05) is 4.72 Å². The minimum absolute atomic E-state index is 0.00230. The summed E-state index contributed by atoms with van der Waals surface area (Å²) in [6.07, 6.45) is 0. The number of halogens is 2. The van der Waals surface area contributed by atoms with Crippen LogP contribution in [0.25, 0.3) is 0 Å². The zero-order valence-electron chi connectivity index (χ0n) is 10.5. The number of aryl methyl sites for hydroxylation is 1. The van der Waals surface area contributed by atoms with E-state index in [9.17, 15) is 22.0 Å². The van der Waals surface area contributed by atoms with E-state index < -0.39 is 38.2 Å². The molecule has 0 saturated carbocycles. The van der Waals surface area contributed by atoms with Crippen LogP contribution >= 0.6 is 0 Å². The molecule has 0 saturated heterocycles. The number of aromatic carboxylic acids is 1. The highest BCUT2D eigenvalue weighted by Crippen LogP contribution is 2.22. The summed E-state index contributed by atoms with van der Waals surface area (Å²) < 4.78 is 52.1. The first-order valence-electron chi connectivity index (χ1n) is 5.48. The number of rotatable bonds is 4. The Morgan fingerprint density at radius 1 is 1.33 bits per heavy atom. The molecule has 1 aromatic heterocycles. The van der Waals surface area contributed by atoms with Crippen molar-refractivity contribution < 1.29 is 27.1 Å². The first-order chi connectivity index (χ1) is 9.72. The van der Waals surface area contributed by atoms with Gasteiger partial charge in [0.05, 0.1) is 11.4 Å². The van der Waals surface area contributed by atoms with Gasteiger partial charge in [-0.2, -0.15) is 5.10 Å². The second-order valence-corrected chi connectivity index (χ2v) is 5.69. The topological polar surface area (TPSA) is 112 Å². The number of carboxylic acid groups (broad SMARTS) is 1. The van der Waals surface area contributed by atoms with Gasteiger partial charge in [0, 0.05) is 6.07 Å². The van der Waals surface area contributed by atoms with Crippen LogP contribution < -0.4 is 4.72 Å². The maximum absolute atomic E-state index is 13.1. The van der Waals surface area contributed by atoms with Crippen LogP contribution in [0.1, 0.15) is 16.2 Å². The van der Waals surface area contributed by atoms with E-state index in [0.717, 1.165) is 12.1 Å². The molecule has 0 bridgehead atoms. The van der Waals surface area contributed by atoms with Crippen molar-refractivity contribution in [3.05, 3.63) is 41.2 Å². The fourth-order valence-corrected chi connectivity index (χ4v) is 3.03. The number of carbonyl (C=O) groups is 1. The molecule has 0 fully saturated rings. The first kappa shape index (κ1) is 14.9. The lowest BCUT2D eigenvalue weighted by atomic mass is 10.3. The molecule has 1 heterocycles. The second-order valence-electron chi connectivity index (χ2n) is 4.07. The van der Waals surface area contributed by atoms with Gasteiger partial charge in [0.2, 0.25) is 0 Å². The molecule has 0 aliphatic carbocycles. The molecule has 0 atom stereocenters. The molecular weight excluding hydrogens is 308 g/mol. The fourth-order valence-electron chi connectivity index (χ4n) is 1.66. The summed E-state index contributed by atoms with van der Waals surface area (Å²) in [6.45, 7) is 1.32. The average molecular weight is 317 g/mol. The van der Waals surface area contributed by atoms with Crippen molar-refractivity contribution in [2.75, 3.05) is 4.72 Å². The Morgan fingerprint density at radius 3 is 2.57 bits per heavy atom. The van der Waals surface area contributed by atoms with E-state index in [1.165, 1.54) is 6.92 Å². The largest absolute Gasteiger partial charge is 0.476 e. The number of anilines is 1. The number of hydrogen-bond acceptors (Lipinski definition) is 4. The molecule has 0 amide bonds. The lowest BCUT2D eigenvalue weighted by Gasteiger charge is -2.08. The highest BCUT2D eigenvalue weighted by molar-refractivity contribution is 7.92. The van der Waals surface area contributed by atoms with Gasteiger partial charge in [-0.1, -0.05) is 0 Å². The molecule has 1 aromatic carbocycles. The van der Waals surface area contributed by atoms with Crippen LogP contribution in [-0.4, -0.2) is 29.7 Å². The number of aromatic nitrogens is 2. The minimum Gasteiger partial charge on any atom is -0.476 e. The van der Waals surface area contributed by atoms with Gasteiger partial charge in [0.1, 0.15) is 4.90 Å². The molecule has 2 rings (SSSR count). The lowest BCUT2D eigenvalue weighted by Crippen LogP contribution is -2.17. The van der Waals surface area contributed by atoms with Crippen LogP contribution in [0.4, 0.5) is 14.5 Å². The van der Waals surface area contributed by atoms with Gasteiger partial charge >= 0.3 is 5.97 Å². The Morgan fingerprint density at radius 2 is 2.00 bits per heavy atom. The summed E-state index contributed by atoms with van der Waals surface area (Å²) in [7, 11) is -4.32. The Bertz CT molecular complexity index is 817. The summed E-state index contributed by atoms with van der Waals surface area (Å²) >= 11 is 0. The number of carboxylic acids is 1. The molecule has 0 aliphatic rings. The minimum atomic E-state index is -4.32. The molecule has 0 spiro atoms. The van der Waals surface area contributed by atoms with Crippen LogP contribution in [0, 0.1) is 18.6 Å². The molecule has 0 radical (unpaired) electrons. The highest BCUT2D eigenvalue weighted by Gasteiger charge is 2.28. The van der Waals surface area contributed by atoms with Gasteiger partial charge in [-0.05, 0) is 19.1 Å². The predicted octanol–water partition coefficient (Wildman–Crippen LogP) is 1.50. The van der Waals surface area contributed by atoms with Crippen molar-refractivity contribution in [2.24, 2.45) is 0 Å². The first-order valence-corrected chi connectivity index (χ1v) is 6.97. The fraction of sp³-hybridized carbons (Fsp3) is 0.0909. The SMILES string of the molecule is Cc1[nH]nc(C(=O)O)c1S(=O)(=O)Nc1ccc(F)c(F)c1. The van der Waals surface area contributed by atoms with Crippen molar-refractivity contribution in [2.45, 2.75) is 11.8 Å². The monoisotopic (exact) mass is 317 g/mol. The molecule has 0 aliphatic heterocycles. The van der Waals surface area contributed by atoms with E-state index in [1.54, 1.807) is 0 Å². The van der Waals surface area contributed by atoms with Gasteiger partial charge in [-0.15, -0.1) is 0 Å². The van der Waals surface area contributed by atoms with E-state index in [0.29, 0.717) is 6.07 Å². The number of H-pyrrole nitrogens is 1. The Hall–Kier alpha value is -2.49. The average Bonchev–Trinajstić information content (AvgIpc) is 2.76. The maximum atomic E-state index is 13.1. The molecule has 21 heavy (non-hydrogen) atoms. The van der Waals surface area contributed by atoms with Gasteiger partial charge in [-0.3, -0.25) is 9.82 Å². The number of sulfonamides is 1. The van der Waals surface area contributed by atoms with Crippen molar-refractivity contribution in [1.29, 1.82) is 0 Å². The quantitative estimate of drug-likeness (QED) is 0.791. The van der Waals surface area contributed by atoms with E-state index >= 15 is 0 Å². The number of benzene rings is 1. The zero-order chi connectivity index (χ0) is 15.8. The summed E-state index contributed by atoms with van der Waals surface area (Å²) in [5.41, 5.74) is -0.934. The Kier molecular flexibility index (Phi) is 3.64. The summed E-state index contributed by atoms with van der Waals surface area (Å²) in [4.78, 5) is 10.4. The normalized spacial score (nSPS) is 11.4. The Balaban J connectivity index is 2.45. The molecule has 2 aromatic rings. The van der Waals surface area contributed by atoms with Crippen molar-refractivity contribution in [1.82, 2.24) is 10.2 Å². The van der Waals surface area contributed by atoms with Gasteiger partial charge in [-0.25, -0.2) is 22.0 Å². The predicted molar refractivity (Wildman–Crippen MR) is 67.5 cm³/mol. The van der Waals surface area contributed by atoms with Crippen LogP contribution in [0.5, 0.6) is 0 Å². The van der Waals surface area contributed by atoms with Gasteiger partial charge < -0.3 is 5.11 Å². The zero-order valence-corrected chi connectivity index (χ0v) is 11.3. The van der Waals surface area contributed by atoms with Crippen molar-refractivity contribution >= 4 is 21.7 Å². The Labute approximate surface area is 117 Å². The van der Waals surface area contributed by atoms with E-state index in [4.69, 9.17) is 5.11 Å². The number of nitrogens with one attached hydrogen (secondary N) is 2. The number of aromatic amines is 1. The molecule has 7 nitrogen and oxygen atoms in total. The van der Waals surface area contributed by atoms with E-state index in [2.05, 4.69) is 10.2 Å². The standard InChI is InChI=1S/C11H9F2N3O4S/c1-5-10(9(11(17)18)15-14-5)21(19,20)16-6-2-3-7(12)8(13)4-6/h2-4,16H,1H3,(H,14,15)(H,17,18). The molecule has 3 N–H and O–H groups in total. The van der Waals surface area contributed by atoms with Crippen LogP contribution in [0.2, 0.25) is 0 Å². The summed E-state index contributed by atoms with van der Waals surface area (Å²) in [5.74, 6) is -3.91. The number of hydrogen-bond donors (Lipinski definition) is 3. The molecule has 10 heteroatoms. The third-order valence-electron chi connectivity index (χ3n) is 2.53. The van der Waals surface area contributed by atoms with Gasteiger partial charge in [0.15, 0.2) is 17.3 Å². The highest BCUT2D eigenvalue weighted by atomic mass is 32.2. The molecule has 0 unspecified atom stereocenters. The molecule has 112 valence electrons. The third-order valence-corrected chi connectivity index (χ3v) is 4.08. The lowest BCUT2D eigenvalue weighted by molar-refractivity contribution is 0.0686. The van der Waals surface area contributed by atoms with Crippen molar-refractivity contribution in [3.8, 4) is 0 Å². The smallest absolute Gasteiger partial charge is 0.357 e. The van der Waals surface area contributed by atoms with Crippen LogP contribution in [-0.2, 0) is 10.0 Å².